The van der Waals surface area contributed by atoms with Crippen LogP contribution >= 0.6 is 0 Å². The highest BCUT2D eigenvalue weighted by atomic mass is 16.5. The molecule has 1 aromatic carbocycles. The molecule has 4 nitrogen and oxygen atoms in total. The third-order valence-electron chi connectivity index (χ3n) is 3.28. The van der Waals surface area contributed by atoms with E-state index in [1.807, 2.05) is 24.3 Å². The first-order valence-corrected chi connectivity index (χ1v) is 7.00. The molecule has 0 aromatic heterocycles. The van der Waals surface area contributed by atoms with Gasteiger partial charge in [-0.15, -0.1) is 0 Å². The predicted octanol–water partition coefficient (Wildman–Crippen LogP) is 1.35. The number of ether oxygens (including phenoxy) is 1. The molecule has 0 fully saturated rings. The van der Waals surface area contributed by atoms with E-state index in [4.69, 9.17) is 4.74 Å². The summed E-state index contributed by atoms with van der Waals surface area (Å²) in [6, 6.07) is 7.92. The van der Waals surface area contributed by atoms with E-state index in [0.717, 1.165) is 37.2 Å². The number of nitrogens with one attached hydrogen (secondary N) is 2. The molecule has 1 atom stereocenters. The highest BCUT2D eigenvalue weighted by Gasteiger charge is 2.25. The number of amides is 1. The Morgan fingerprint density at radius 1 is 1.32 bits per heavy atom. The van der Waals surface area contributed by atoms with E-state index in [0.29, 0.717) is 13.2 Å². The number of hydrogen-bond acceptors (Lipinski definition) is 3. The fourth-order valence-corrected chi connectivity index (χ4v) is 2.22. The minimum Gasteiger partial charge on any atom is -0.492 e. The molecule has 0 bridgehead atoms. The van der Waals surface area contributed by atoms with E-state index in [2.05, 4.69) is 17.6 Å². The molecule has 0 saturated heterocycles. The quantitative estimate of drug-likeness (QED) is 0.761. The van der Waals surface area contributed by atoms with Crippen molar-refractivity contribution in [1.29, 1.82) is 0 Å². The molecule has 4 heteroatoms. The summed E-state index contributed by atoms with van der Waals surface area (Å²) in [6.07, 6.45) is 1.88. The van der Waals surface area contributed by atoms with Crippen LogP contribution in [0.2, 0.25) is 0 Å². The third-order valence-corrected chi connectivity index (χ3v) is 3.28. The summed E-state index contributed by atoms with van der Waals surface area (Å²) in [5, 5.41) is 6.22. The molecule has 0 radical (unpaired) electrons. The van der Waals surface area contributed by atoms with Crippen molar-refractivity contribution in [2.24, 2.45) is 5.92 Å². The number of benzene rings is 1. The lowest BCUT2D eigenvalue weighted by molar-refractivity contribution is -0.126. The Labute approximate surface area is 114 Å². The maximum Gasteiger partial charge on any atom is 0.226 e. The molecule has 0 spiro atoms. The van der Waals surface area contributed by atoms with E-state index in [1.165, 1.54) is 0 Å². The van der Waals surface area contributed by atoms with Gasteiger partial charge in [0.2, 0.25) is 5.91 Å². The molecule has 1 aliphatic heterocycles. The van der Waals surface area contributed by atoms with Gasteiger partial charge in [0.05, 0.1) is 5.92 Å². The van der Waals surface area contributed by atoms with Gasteiger partial charge in [0.15, 0.2) is 0 Å². The van der Waals surface area contributed by atoms with Gasteiger partial charge in [0, 0.05) is 13.1 Å². The second-order valence-corrected chi connectivity index (χ2v) is 4.86. The number of para-hydroxylation sites is 1. The Morgan fingerprint density at radius 2 is 2.16 bits per heavy atom. The monoisotopic (exact) mass is 262 g/mol. The Hall–Kier alpha value is -1.55. The Kier molecular flexibility index (Phi) is 5.21. The summed E-state index contributed by atoms with van der Waals surface area (Å²) in [7, 11) is 0. The molecule has 104 valence electrons. The highest BCUT2D eigenvalue weighted by Crippen LogP contribution is 2.26. The number of hydrogen-bond donors (Lipinski definition) is 2. The van der Waals surface area contributed by atoms with Crippen LogP contribution in [0.1, 0.15) is 18.9 Å². The smallest absolute Gasteiger partial charge is 0.226 e. The zero-order valence-corrected chi connectivity index (χ0v) is 11.4. The van der Waals surface area contributed by atoms with E-state index in [1.54, 1.807) is 0 Å². The Morgan fingerprint density at radius 3 is 3.00 bits per heavy atom. The number of carbonyl (C=O) groups is 1. The van der Waals surface area contributed by atoms with Crippen LogP contribution in [0.15, 0.2) is 24.3 Å². The minimum absolute atomic E-state index is 0.0684. The van der Waals surface area contributed by atoms with Crippen LogP contribution in [0.5, 0.6) is 5.75 Å². The lowest BCUT2D eigenvalue weighted by Gasteiger charge is -2.24. The largest absolute Gasteiger partial charge is 0.492 e. The molecule has 0 aliphatic carbocycles. The average Bonchev–Trinajstić information content (AvgIpc) is 2.46. The fraction of sp³-hybridized carbons (Fsp3) is 0.533. The first kappa shape index (κ1) is 13.9. The second kappa shape index (κ2) is 7.14. The Balaban J connectivity index is 1.76. The zero-order chi connectivity index (χ0) is 13.5. The first-order valence-electron chi connectivity index (χ1n) is 7.00. The molecule has 19 heavy (non-hydrogen) atoms. The first-order chi connectivity index (χ1) is 9.31. The molecule has 1 heterocycles. The Bertz CT molecular complexity index is 420. The van der Waals surface area contributed by atoms with Crippen LogP contribution in [-0.4, -0.2) is 32.1 Å². The van der Waals surface area contributed by atoms with Gasteiger partial charge in [-0.05, 0) is 31.0 Å². The molecule has 1 aliphatic rings. The molecular formula is C15H22N2O2. The fourth-order valence-electron chi connectivity index (χ4n) is 2.22. The van der Waals surface area contributed by atoms with E-state index in [-0.39, 0.29) is 11.8 Å². The van der Waals surface area contributed by atoms with Crippen molar-refractivity contribution >= 4 is 5.91 Å². The number of carbonyl (C=O) groups excluding carboxylic acids is 1. The van der Waals surface area contributed by atoms with Crippen LogP contribution in [0.25, 0.3) is 0 Å². The third kappa shape index (κ3) is 3.96. The predicted molar refractivity (Wildman–Crippen MR) is 75.3 cm³/mol. The molecule has 1 unspecified atom stereocenters. The number of rotatable bonds is 6. The zero-order valence-electron chi connectivity index (χ0n) is 11.4. The van der Waals surface area contributed by atoms with Crippen LogP contribution in [-0.2, 0) is 11.2 Å². The molecule has 1 aromatic rings. The lowest BCUT2D eigenvalue weighted by Crippen LogP contribution is -2.40. The van der Waals surface area contributed by atoms with Crippen LogP contribution in [0.3, 0.4) is 0 Å². The summed E-state index contributed by atoms with van der Waals surface area (Å²) in [6.45, 7) is 5.10. The van der Waals surface area contributed by atoms with Gasteiger partial charge in [-0.1, -0.05) is 25.1 Å². The van der Waals surface area contributed by atoms with E-state index < -0.39 is 0 Å². The van der Waals surface area contributed by atoms with Crippen molar-refractivity contribution in [3.8, 4) is 5.75 Å². The van der Waals surface area contributed by atoms with E-state index in [9.17, 15) is 4.79 Å². The van der Waals surface area contributed by atoms with Crippen molar-refractivity contribution < 1.29 is 9.53 Å². The van der Waals surface area contributed by atoms with Gasteiger partial charge in [-0.3, -0.25) is 4.79 Å². The molecular weight excluding hydrogens is 240 g/mol. The van der Waals surface area contributed by atoms with Crippen LogP contribution in [0, 0.1) is 5.92 Å². The highest BCUT2D eigenvalue weighted by molar-refractivity contribution is 5.79. The van der Waals surface area contributed by atoms with Crippen molar-refractivity contribution in [2.75, 3.05) is 26.2 Å². The van der Waals surface area contributed by atoms with Crippen LogP contribution < -0.4 is 15.4 Å². The topological polar surface area (TPSA) is 50.4 Å². The van der Waals surface area contributed by atoms with Crippen molar-refractivity contribution in [3.05, 3.63) is 29.8 Å². The SMILES string of the molecule is CCCNCCNC(=O)C1COc2ccccc2C1. The maximum atomic E-state index is 12.0. The average molecular weight is 262 g/mol. The van der Waals surface area contributed by atoms with Gasteiger partial charge in [-0.2, -0.15) is 0 Å². The standard InChI is InChI=1S/C15H22N2O2/c1-2-7-16-8-9-17-15(18)13-10-12-5-3-4-6-14(12)19-11-13/h3-6,13,16H,2,7-11H2,1H3,(H,17,18). The van der Waals surface area contributed by atoms with Gasteiger partial charge in [0.25, 0.3) is 0 Å². The van der Waals surface area contributed by atoms with E-state index >= 15 is 0 Å². The van der Waals surface area contributed by atoms with Gasteiger partial charge >= 0.3 is 0 Å². The number of fused-ring (bicyclic) bond motifs is 1. The van der Waals surface area contributed by atoms with Crippen molar-refractivity contribution in [2.45, 2.75) is 19.8 Å². The van der Waals surface area contributed by atoms with Crippen LogP contribution in [0.4, 0.5) is 0 Å². The summed E-state index contributed by atoms with van der Waals surface area (Å²) in [5.41, 5.74) is 1.12. The van der Waals surface area contributed by atoms with Crippen molar-refractivity contribution in [1.82, 2.24) is 10.6 Å². The maximum absolute atomic E-state index is 12.0. The molecule has 1 amide bonds. The summed E-state index contributed by atoms with van der Waals surface area (Å²) in [4.78, 5) is 12.0. The van der Waals surface area contributed by atoms with Crippen molar-refractivity contribution in [3.63, 3.8) is 0 Å². The molecule has 0 saturated carbocycles. The van der Waals surface area contributed by atoms with Gasteiger partial charge in [0.1, 0.15) is 12.4 Å². The molecule has 2 N–H and O–H groups in total. The minimum atomic E-state index is -0.0684. The second-order valence-electron chi connectivity index (χ2n) is 4.86. The summed E-state index contributed by atoms with van der Waals surface area (Å²) in [5.74, 6) is 0.935. The summed E-state index contributed by atoms with van der Waals surface area (Å²) >= 11 is 0. The normalized spacial score (nSPS) is 17.4. The lowest BCUT2D eigenvalue weighted by atomic mass is 9.96. The van der Waals surface area contributed by atoms with Gasteiger partial charge < -0.3 is 15.4 Å². The molecule has 2 rings (SSSR count). The summed E-state index contributed by atoms with van der Waals surface area (Å²) < 4.78 is 5.63. The van der Waals surface area contributed by atoms with Gasteiger partial charge in [-0.25, -0.2) is 0 Å².